The number of para-hydroxylation sites is 1. The number of nitrogens with zero attached hydrogens (tertiary/aromatic N) is 1. The SMILES string of the molecule is COc1c(F)cccc1-c1ccc2c(c1)C(NC(=O)CN(C)C)CC1(CCOCC1)O2. The third kappa shape index (κ3) is 4.52. The highest BCUT2D eigenvalue weighted by atomic mass is 19.1. The molecule has 166 valence electrons. The van der Waals surface area contributed by atoms with Gasteiger partial charge in [-0.15, -0.1) is 0 Å². The second-order valence-corrected chi connectivity index (χ2v) is 8.53. The number of ether oxygens (including phenoxy) is 3. The van der Waals surface area contributed by atoms with Crippen LogP contribution in [-0.2, 0) is 9.53 Å². The van der Waals surface area contributed by atoms with Gasteiger partial charge in [-0.2, -0.15) is 0 Å². The Morgan fingerprint density at radius 1 is 1.26 bits per heavy atom. The van der Waals surface area contributed by atoms with Gasteiger partial charge in [-0.25, -0.2) is 4.39 Å². The number of rotatable bonds is 5. The lowest BCUT2D eigenvalue weighted by atomic mass is 9.81. The lowest BCUT2D eigenvalue weighted by Gasteiger charge is -2.44. The Morgan fingerprint density at radius 3 is 2.74 bits per heavy atom. The van der Waals surface area contributed by atoms with Crippen molar-refractivity contribution in [1.29, 1.82) is 0 Å². The molecule has 0 bridgehead atoms. The number of nitrogens with one attached hydrogen (secondary N) is 1. The van der Waals surface area contributed by atoms with Crippen LogP contribution in [0.5, 0.6) is 11.5 Å². The molecule has 0 saturated carbocycles. The summed E-state index contributed by atoms with van der Waals surface area (Å²) in [5.74, 6) is 0.500. The monoisotopic (exact) mass is 428 g/mol. The normalized spacial score (nSPS) is 19.6. The van der Waals surface area contributed by atoms with Crippen molar-refractivity contribution < 1.29 is 23.4 Å². The van der Waals surface area contributed by atoms with Gasteiger partial charge in [0.15, 0.2) is 11.6 Å². The highest BCUT2D eigenvalue weighted by molar-refractivity contribution is 5.79. The third-order valence-corrected chi connectivity index (χ3v) is 5.97. The number of carbonyl (C=O) groups excluding carboxylic acids is 1. The van der Waals surface area contributed by atoms with E-state index >= 15 is 0 Å². The number of fused-ring (bicyclic) bond motifs is 1. The van der Waals surface area contributed by atoms with Gasteiger partial charge in [-0.1, -0.05) is 18.2 Å². The summed E-state index contributed by atoms with van der Waals surface area (Å²) in [6, 6.07) is 10.5. The summed E-state index contributed by atoms with van der Waals surface area (Å²) in [6.07, 6.45) is 2.24. The zero-order valence-electron chi connectivity index (χ0n) is 18.2. The van der Waals surface area contributed by atoms with E-state index in [0.717, 1.165) is 29.7 Å². The van der Waals surface area contributed by atoms with Gasteiger partial charge in [0.2, 0.25) is 5.91 Å². The first kappa shape index (κ1) is 21.6. The van der Waals surface area contributed by atoms with Crippen LogP contribution in [0.2, 0.25) is 0 Å². The van der Waals surface area contributed by atoms with Crippen molar-refractivity contribution in [2.75, 3.05) is 41.0 Å². The summed E-state index contributed by atoms with van der Waals surface area (Å²) >= 11 is 0. The van der Waals surface area contributed by atoms with E-state index < -0.39 is 5.82 Å². The molecule has 1 amide bonds. The summed E-state index contributed by atoms with van der Waals surface area (Å²) in [6.45, 7) is 1.60. The molecule has 1 atom stereocenters. The molecule has 0 radical (unpaired) electrons. The molecule has 2 aromatic rings. The molecule has 1 fully saturated rings. The van der Waals surface area contributed by atoms with Crippen molar-refractivity contribution in [3.8, 4) is 22.6 Å². The fourth-order valence-corrected chi connectivity index (χ4v) is 4.49. The number of amides is 1. The van der Waals surface area contributed by atoms with Crippen LogP contribution in [0.4, 0.5) is 4.39 Å². The number of hydrogen-bond acceptors (Lipinski definition) is 5. The van der Waals surface area contributed by atoms with Crippen molar-refractivity contribution in [2.24, 2.45) is 0 Å². The van der Waals surface area contributed by atoms with Crippen LogP contribution in [0.25, 0.3) is 11.1 Å². The van der Waals surface area contributed by atoms with Crippen molar-refractivity contribution in [2.45, 2.75) is 30.9 Å². The van der Waals surface area contributed by atoms with E-state index in [-0.39, 0.29) is 23.3 Å². The van der Waals surface area contributed by atoms with Gasteiger partial charge < -0.3 is 24.4 Å². The van der Waals surface area contributed by atoms with E-state index in [2.05, 4.69) is 5.32 Å². The molecule has 0 aromatic heterocycles. The summed E-state index contributed by atoms with van der Waals surface area (Å²) in [7, 11) is 5.19. The van der Waals surface area contributed by atoms with E-state index in [1.165, 1.54) is 13.2 Å². The number of methoxy groups -OCH3 is 1. The Morgan fingerprint density at radius 2 is 2.03 bits per heavy atom. The topological polar surface area (TPSA) is 60.0 Å². The summed E-state index contributed by atoms with van der Waals surface area (Å²) in [5, 5.41) is 3.19. The van der Waals surface area contributed by atoms with Gasteiger partial charge in [0, 0.05) is 30.4 Å². The lowest BCUT2D eigenvalue weighted by Crippen LogP contribution is -2.49. The Hall–Kier alpha value is -2.64. The maximum Gasteiger partial charge on any atom is 0.234 e. The molecule has 2 aliphatic heterocycles. The molecule has 2 heterocycles. The van der Waals surface area contributed by atoms with Crippen LogP contribution >= 0.6 is 0 Å². The van der Waals surface area contributed by atoms with Crippen LogP contribution in [0.1, 0.15) is 30.9 Å². The molecule has 1 unspecified atom stereocenters. The molecule has 2 aliphatic rings. The second-order valence-electron chi connectivity index (χ2n) is 8.53. The molecule has 6 nitrogen and oxygen atoms in total. The molecule has 2 aromatic carbocycles. The number of carbonyl (C=O) groups is 1. The van der Waals surface area contributed by atoms with Crippen LogP contribution in [0.15, 0.2) is 36.4 Å². The molecule has 31 heavy (non-hydrogen) atoms. The predicted octanol–water partition coefficient (Wildman–Crippen LogP) is 3.55. The number of hydrogen-bond donors (Lipinski definition) is 1. The first-order valence-corrected chi connectivity index (χ1v) is 10.6. The van der Waals surface area contributed by atoms with Crippen LogP contribution in [0, 0.1) is 5.82 Å². The van der Waals surface area contributed by atoms with Gasteiger partial charge >= 0.3 is 0 Å². The number of likely N-dealkylation sites (N-methyl/N-ethyl adjacent to an activating group) is 1. The zero-order valence-corrected chi connectivity index (χ0v) is 18.2. The van der Waals surface area contributed by atoms with E-state index in [0.29, 0.717) is 31.7 Å². The van der Waals surface area contributed by atoms with Crippen LogP contribution in [-0.4, -0.2) is 57.4 Å². The summed E-state index contributed by atoms with van der Waals surface area (Å²) in [4.78, 5) is 14.5. The van der Waals surface area contributed by atoms with E-state index in [1.807, 2.05) is 43.3 Å². The van der Waals surface area contributed by atoms with Crippen LogP contribution < -0.4 is 14.8 Å². The van der Waals surface area contributed by atoms with Gasteiger partial charge in [-0.3, -0.25) is 4.79 Å². The second kappa shape index (κ2) is 8.85. The van der Waals surface area contributed by atoms with Crippen molar-refractivity contribution in [3.05, 3.63) is 47.8 Å². The Kier molecular flexibility index (Phi) is 6.16. The molecule has 1 spiro atoms. The summed E-state index contributed by atoms with van der Waals surface area (Å²) < 4.78 is 31.6. The maximum absolute atomic E-state index is 14.3. The fraction of sp³-hybridized carbons (Fsp3) is 0.458. The lowest BCUT2D eigenvalue weighted by molar-refractivity contribution is -0.123. The standard InChI is InChI=1S/C24H29FN2O4/c1-27(2)15-22(28)26-20-14-24(9-11-30-12-10-24)31-21-8-7-16(13-18(20)21)17-5-4-6-19(25)23(17)29-3/h4-8,13,20H,9-12,14-15H2,1-3H3,(H,26,28). The molecule has 0 aliphatic carbocycles. The first-order valence-electron chi connectivity index (χ1n) is 10.6. The molecule has 1 N–H and O–H groups in total. The Bertz CT molecular complexity index is 957. The highest BCUT2D eigenvalue weighted by Gasteiger charge is 2.43. The van der Waals surface area contributed by atoms with Crippen molar-refractivity contribution in [3.63, 3.8) is 0 Å². The first-order chi connectivity index (χ1) is 14.9. The van der Waals surface area contributed by atoms with Gasteiger partial charge in [0.05, 0.1) is 32.9 Å². The van der Waals surface area contributed by atoms with Gasteiger partial charge in [0.25, 0.3) is 0 Å². The average Bonchev–Trinajstić information content (AvgIpc) is 2.73. The molecule has 7 heteroatoms. The van der Waals surface area contributed by atoms with E-state index in [4.69, 9.17) is 14.2 Å². The zero-order chi connectivity index (χ0) is 22.0. The molecule has 4 rings (SSSR count). The minimum Gasteiger partial charge on any atom is -0.493 e. The Labute approximate surface area is 182 Å². The predicted molar refractivity (Wildman–Crippen MR) is 116 cm³/mol. The van der Waals surface area contributed by atoms with E-state index in [9.17, 15) is 9.18 Å². The summed E-state index contributed by atoms with van der Waals surface area (Å²) in [5.41, 5.74) is 2.02. The minimum absolute atomic E-state index is 0.0428. The fourth-order valence-electron chi connectivity index (χ4n) is 4.49. The number of halogens is 1. The molecule has 1 saturated heterocycles. The third-order valence-electron chi connectivity index (χ3n) is 5.97. The molecular weight excluding hydrogens is 399 g/mol. The largest absolute Gasteiger partial charge is 0.493 e. The van der Waals surface area contributed by atoms with E-state index in [1.54, 1.807) is 6.07 Å². The van der Waals surface area contributed by atoms with Crippen molar-refractivity contribution >= 4 is 5.91 Å². The Balaban J connectivity index is 1.73. The minimum atomic E-state index is -0.411. The molecular formula is C24H29FN2O4. The van der Waals surface area contributed by atoms with Crippen LogP contribution in [0.3, 0.4) is 0 Å². The maximum atomic E-state index is 14.3. The quantitative estimate of drug-likeness (QED) is 0.789. The smallest absolute Gasteiger partial charge is 0.234 e. The number of benzene rings is 2. The average molecular weight is 429 g/mol. The highest BCUT2D eigenvalue weighted by Crippen LogP contribution is 2.46. The van der Waals surface area contributed by atoms with Crippen molar-refractivity contribution in [1.82, 2.24) is 10.2 Å². The van der Waals surface area contributed by atoms with Gasteiger partial charge in [-0.05, 0) is 37.9 Å². The van der Waals surface area contributed by atoms with Gasteiger partial charge in [0.1, 0.15) is 11.4 Å².